The molecule has 1 fully saturated rings. The normalized spacial score (nSPS) is 18.9. The van der Waals surface area contributed by atoms with Gasteiger partial charge in [0.2, 0.25) is 11.7 Å². The zero-order valence-corrected chi connectivity index (χ0v) is 16.8. The molecule has 0 unspecified atom stereocenters. The summed E-state index contributed by atoms with van der Waals surface area (Å²) in [6, 6.07) is 2.89. The molecule has 0 aliphatic carbocycles. The van der Waals surface area contributed by atoms with E-state index < -0.39 is 6.04 Å². The Morgan fingerprint density at radius 2 is 1.83 bits per heavy atom. The maximum absolute atomic E-state index is 13.5. The molecule has 0 spiro atoms. The second-order valence-corrected chi connectivity index (χ2v) is 7.22. The van der Waals surface area contributed by atoms with Crippen molar-refractivity contribution in [1.29, 1.82) is 0 Å². The van der Waals surface area contributed by atoms with E-state index in [9.17, 15) is 9.90 Å². The maximum atomic E-state index is 13.5. The SMILES string of the molecule is COc1cc([C@H]2C(C(=O)N3CCCCC3)=C(C)Nc3ncnn32)cc(OC)c1O. The second kappa shape index (κ2) is 7.65. The van der Waals surface area contributed by atoms with E-state index in [0.717, 1.165) is 38.0 Å². The van der Waals surface area contributed by atoms with Crippen LogP contribution in [-0.2, 0) is 4.79 Å². The first-order valence-electron chi connectivity index (χ1n) is 9.66. The highest BCUT2D eigenvalue weighted by Crippen LogP contribution is 2.43. The molecule has 29 heavy (non-hydrogen) atoms. The fourth-order valence-corrected chi connectivity index (χ4v) is 4.02. The Morgan fingerprint density at radius 3 is 2.45 bits per heavy atom. The number of phenols is 1. The molecular weight excluding hydrogens is 374 g/mol. The van der Waals surface area contributed by atoms with Crippen LogP contribution in [0, 0.1) is 0 Å². The first kappa shape index (κ1) is 19.1. The lowest BCUT2D eigenvalue weighted by molar-refractivity contribution is -0.128. The van der Waals surface area contributed by atoms with Gasteiger partial charge in [0.05, 0.1) is 19.8 Å². The van der Waals surface area contributed by atoms with Gasteiger partial charge < -0.3 is 24.8 Å². The summed E-state index contributed by atoms with van der Waals surface area (Å²) < 4.78 is 12.3. The van der Waals surface area contributed by atoms with Crippen molar-refractivity contribution in [2.24, 2.45) is 0 Å². The van der Waals surface area contributed by atoms with E-state index in [1.165, 1.54) is 20.5 Å². The number of anilines is 1. The van der Waals surface area contributed by atoms with Gasteiger partial charge in [0.1, 0.15) is 12.4 Å². The van der Waals surface area contributed by atoms with Crippen molar-refractivity contribution in [3.8, 4) is 17.2 Å². The Balaban J connectivity index is 1.85. The average Bonchev–Trinajstić information content (AvgIpc) is 3.21. The number of piperidine rings is 1. The van der Waals surface area contributed by atoms with E-state index in [1.807, 2.05) is 11.8 Å². The van der Waals surface area contributed by atoms with Gasteiger partial charge >= 0.3 is 0 Å². The number of fused-ring (bicyclic) bond motifs is 1. The molecule has 3 heterocycles. The highest BCUT2D eigenvalue weighted by atomic mass is 16.5. The number of phenolic OH excluding ortho intramolecular Hbond substituents is 1. The van der Waals surface area contributed by atoms with E-state index in [4.69, 9.17) is 9.47 Å². The fraction of sp³-hybridized carbons (Fsp3) is 0.450. The summed E-state index contributed by atoms with van der Waals surface area (Å²) in [7, 11) is 2.95. The molecule has 0 saturated carbocycles. The lowest BCUT2D eigenvalue weighted by Crippen LogP contribution is -2.41. The van der Waals surface area contributed by atoms with Crippen LogP contribution in [0.4, 0.5) is 5.95 Å². The van der Waals surface area contributed by atoms with E-state index in [0.29, 0.717) is 17.1 Å². The second-order valence-electron chi connectivity index (χ2n) is 7.22. The Morgan fingerprint density at radius 1 is 1.17 bits per heavy atom. The van der Waals surface area contributed by atoms with Gasteiger partial charge in [-0.15, -0.1) is 0 Å². The molecule has 1 aromatic heterocycles. The monoisotopic (exact) mass is 399 g/mol. The van der Waals surface area contributed by atoms with E-state index in [1.54, 1.807) is 16.8 Å². The van der Waals surface area contributed by atoms with Gasteiger partial charge in [-0.3, -0.25) is 4.79 Å². The van der Waals surface area contributed by atoms with Gasteiger partial charge in [-0.2, -0.15) is 10.1 Å². The Labute approximate surface area is 168 Å². The number of aromatic nitrogens is 3. The van der Waals surface area contributed by atoms with E-state index in [-0.39, 0.29) is 23.2 Å². The number of likely N-dealkylation sites (tertiary alicyclic amines) is 1. The van der Waals surface area contributed by atoms with Crippen molar-refractivity contribution >= 4 is 11.9 Å². The summed E-state index contributed by atoms with van der Waals surface area (Å²) in [4.78, 5) is 19.7. The van der Waals surface area contributed by atoms with Crippen molar-refractivity contribution in [1.82, 2.24) is 19.7 Å². The van der Waals surface area contributed by atoms with Gasteiger partial charge in [0, 0.05) is 18.8 Å². The highest BCUT2D eigenvalue weighted by Gasteiger charge is 2.36. The predicted octanol–water partition coefficient (Wildman–Crippen LogP) is 2.30. The molecule has 9 heteroatoms. The number of aromatic hydroxyl groups is 1. The number of benzene rings is 1. The van der Waals surface area contributed by atoms with Crippen molar-refractivity contribution in [3.63, 3.8) is 0 Å². The van der Waals surface area contributed by atoms with Crippen LogP contribution in [0.15, 0.2) is 29.7 Å². The number of carbonyl (C=O) groups is 1. The minimum absolute atomic E-state index is 0.0214. The van der Waals surface area contributed by atoms with Crippen LogP contribution in [0.25, 0.3) is 0 Å². The number of hydrogen-bond donors (Lipinski definition) is 2. The summed E-state index contributed by atoms with van der Waals surface area (Å²) in [5, 5.41) is 17.9. The average molecular weight is 399 g/mol. The number of allylic oxidation sites excluding steroid dienone is 1. The minimum Gasteiger partial charge on any atom is -0.502 e. The molecule has 0 radical (unpaired) electrons. The third kappa shape index (κ3) is 3.26. The van der Waals surface area contributed by atoms with Gasteiger partial charge in [0.15, 0.2) is 11.5 Å². The van der Waals surface area contributed by atoms with Gasteiger partial charge in [-0.25, -0.2) is 4.68 Å². The molecule has 1 amide bonds. The van der Waals surface area contributed by atoms with E-state index >= 15 is 0 Å². The van der Waals surface area contributed by atoms with Crippen LogP contribution in [0.1, 0.15) is 37.8 Å². The van der Waals surface area contributed by atoms with Crippen molar-refractivity contribution in [2.45, 2.75) is 32.2 Å². The number of rotatable bonds is 4. The minimum atomic E-state index is -0.522. The molecule has 2 N–H and O–H groups in total. The van der Waals surface area contributed by atoms with Crippen molar-refractivity contribution in [2.75, 3.05) is 32.6 Å². The smallest absolute Gasteiger partial charge is 0.254 e. The third-order valence-electron chi connectivity index (χ3n) is 5.49. The lowest BCUT2D eigenvalue weighted by Gasteiger charge is -2.34. The molecule has 2 aliphatic rings. The number of amides is 1. The van der Waals surface area contributed by atoms with Crippen LogP contribution >= 0.6 is 0 Å². The summed E-state index contributed by atoms with van der Waals surface area (Å²) >= 11 is 0. The molecule has 2 aliphatic heterocycles. The Kier molecular flexibility index (Phi) is 5.04. The predicted molar refractivity (Wildman–Crippen MR) is 106 cm³/mol. The zero-order chi connectivity index (χ0) is 20.5. The Bertz CT molecular complexity index is 937. The van der Waals surface area contributed by atoms with Gasteiger partial charge in [-0.05, 0) is 43.9 Å². The number of nitrogens with zero attached hydrogens (tertiary/aromatic N) is 4. The number of hydrogen-bond acceptors (Lipinski definition) is 7. The lowest BCUT2D eigenvalue weighted by atomic mass is 9.93. The molecule has 9 nitrogen and oxygen atoms in total. The fourth-order valence-electron chi connectivity index (χ4n) is 4.02. The molecule has 2 aromatic rings. The summed E-state index contributed by atoms with van der Waals surface area (Å²) in [5.41, 5.74) is 2.04. The Hall–Kier alpha value is -3.23. The van der Waals surface area contributed by atoms with Crippen LogP contribution in [0.5, 0.6) is 17.2 Å². The molecule has 1 atom stereocenters. The first-order valence-corrected chi connectivity index (χ1v) is 9.66. The zero-order valence-electron chi connectivity index (χ0n) is 16.8. The molecule has 4 rings (SSSR count). The van der Waals surface area contributed by atoms with Crippen LogP contribution in [0.2, 0.25) is 0 Å². The topological polar surface area (TPSA) is 102 Å². The van der Waals surface area contributed by atoms with Gasteiger partial charge in [-0.1, -0.05) is 0 Å². The molecule has 154 valence electrons. The van der Waals surface area contributed by atoms with E-state index in [2.05, 4.69) is 15.4 Å². The number of carbonyl (C=O) groups excluding carboxylic acids is 1. The van der Waals surface area contributed by atoms with Crippen LogP contribution in [0.3, 0.4) is 0 Å². The molecular formula is C20H25N5O4. The number of methoxy groups -OCH3 is 2. The number of ether oxygens (including phenoxy) is 2. The standard InChI is InChI=1S/C20H25N5O4/c1-12-16(19(27)24-7-5-4-6-8-24)17(25-20(23-12)21-11-22-25)13-9-14(28-2)18(26)15(10-13)29-3/h9-11,17,26H,4-8H2,1-3H3,(H,21,22,23)/t17-/m0/s1. The highest BCUT2D eigenvalue weighted by molar-refractivity contribution is 5.97. The van der Waals surface area contributed by atoms with Crippen LogP contribution in [-0.4, -0.2) is 58.0 Å². The number of nitrogens with one attached hydrogen (secondary N) is 1. The van der Waals surface area contributed by atoms with Crippen molar-refractivity contribution in [3.05, 3.63) is 35.3 Å². The molecule has 1 saturated heterocycles. The summed E-state index contributed by atoms with van der Waals surface area (Å²) in [6.45, 7) is 3.36. The largest absolute Gasteiger partial charge is 0.502 e. The van der Waals surface area contributed by atoms with Crippen molar-refractivity contribution < 1.29 is 19.4 Å². The maximum Gasteiger partial charge on any atom is 0.254 e. The summed E-state index contributed by atoms with van der Waals surface area (Å²) in [6.07, 6.45) is 4.60. The summed E-state index contributed by atoms with van der Waals surface area (Å²) in [5.74, 6) is 0.973. The first-order chi connectivity index (χ1) is 14.0. The van der Waals surface area contributed by atoms with Crippen LogP contribution < -0.4 is 14.8 Å². The van der Waals surface area contributed by atoms with Gasteiger partial charge in [0.25, 0.3) is 5.91 Å². The molecule has 1 aromatic carbocycles. The molecule has 0 bridgehead atoms. The quantitative estimate of drug-likeness (QED) is 0.813. The third-order valence-corrected chi connectivity index (χ3v) is 5.49.